The lowest BCUT2D eigenvalue weighted by molar-refractivity contribution is 0.439. The predicted molar refractivity (Wildman–Crippen MR) is 86.8 cm³/mol. The van der Waals surface area contributed by atoms with Gasteiger partial charge in [-0.05, 0) is 26.0 Å². The van der Waals surface area contributed by atoms with Crippen molar-refractivity contribution in [2.45, 2.75) is 38.1 Å². The van der Waals surface area contributed by atoms with E-state index in [4.69, 9.17) is 4.52 Å². The van der Waals surface area contributed by atoms with Gasteiger partial charge in [-0.15, -0.1) is 12.4 Å². The molecule has 2 heterocycles. The van der Waals surface area contributed by atoms with Crippen molar-refractivity contribution in [3.63, 3.8) is 0 Å². The number of sulfonamides is 1. The Kier molecular flexibility index (Phi) is 6.73. The van der Waals surface area contributed by atoms with Gasteiger partial charge in [0, 0.05) is 12.6 Å². The summed E-state index contributed by atoms with van der Waals surface area (Å²) < 4.78 is 32.2. The summed E-state index contributed by atoms with van der Waals surface area (Å²) in [7, 11) is -3.59. The second-order valence-corrected chi connectivity index (χ2v) is 6.58. The molecule has 22 heavy (non-hydrogen) atoms. The molecule has 0 fully saturated rings. The topological polar surface area (TPSA) is 97.1 Å². The SMILES string of the molecule is CCN[C@H](C)CNS(=O)(=O)c1cnc2onc(CC)c2c1.Cl. The van der Waals surface area contributed by atoms with E-state index < -0.39 is 10.0 Å². The number of hydrogen-bond acceptors (Lipinski definition) is 6. The van der Waals surface area contributed by atoms with Crippen molar-refractivity contribution in [3.05, 3.63) is 18.0 Å². The zero-order chi connectivity index (χ0) is 15.5. The number of pyridine rings is 1. The van der Waals surface area contributed by atoms with Gasteiger partial charge in [-0.1, -0.05) is 19.0 Å². The molecule has 1 atom stereocenters. The molecule has 2 aromatic rings. The number of halogens is 1. The first-order chi connectivity index (χ1) is 9.97. The fourth-order valence-electron chi connectivity index (χ4n) is 2.00. The Bertz CT molecular complexity index is 717. The first-order valence-electron chi connectivity index (χ1n) is 6.95. The summed E-state index contributed by atoms with van der Waals surface area (Å²) in [5, 5.41) is 7.66. The average molecular weight is 349 g/mol. The highest BCUT2D eigenvalue weighted by Crippen LogP contribution is 2.20. The van der Waals surface area contributed by atoms with Gasteiger partial charge in [-0.25, -0.2) is 18.1 Å². The largest absolute Gasteiger partial charge is 0.336 e. The molecule has 0 saturated heterocycles. The van der Waals surface area contributed by atoms with Crippen molar-refractivity contribution in [2.24, 2.45) is 0 Å². The molecule has 0 aromatic carbocycles. The van der Waals surface area contributed by atoms with Gasteiger partial charge in [-0.2, -0.15) is 0 Å². The molecule has 124 valence electrons. The average Bonchev–Trinajstić information content (AvgIpc) is 2.87. The van der Waals surface area contributed by atoms with Crippen LogP contribution in [0.3, 0.4) is 0 Å². The molecule has 2 rings (SSSR count). The molecule has 0 spiro atoms. The van der Waals surface area contributed by atoms with Crippen molar-refractivity contribution in [1.82, 2.24) is 20.2 Å². The number of fused-ring (bicyclic) bond motifs is 1. The Morgan fingerprint density at radius 1 is 1.36 bits per heavy atom. The zero-order valence-electron chi connectivity index (χ0n) is 12.8. The van der Waals surface area contributed by atoms with Crippen LogP contribution in [0.15, 0.2) is 21.7 Å². The van der Waals surface area contributed by atoms with Crippen LogP contribution in [0.25, 0.3) is 11.1 Å². The number of hydrogen-bond donors (Lipinski definition) is 2. The summed E-state index contributed by atoms with van der Waals surface area (Å²) in [6, 6.07) is 1.61. The summed E-state index contributed by atoms with van der Waals surface area (Å²) >= 11 is 0. The van der Waals surface area contributed by atoms with Gasteiger partial charge in [-0.3, -0.25) is 0 Å². The van der Waals surface area contributed by atoms with Crippen LogP contribution < -0.4 is 10.0 Å². The van der Waals surface area contributed by atoms with Crippen LogP contribution in [-0.4, -0.2) is 37.7 Å². The van der Waals surface area contributed by atoms with Crippen molar-refractivity contribution in [1.29, 1.82) is 0 Å². The highest BCUT2D eigenvalue weighted by atomic mass is 35.5. The van der Waals surface area contributed by atoms with Gasteiger partial charge in [0.2, 0.25) is 10.0 Å². The lowest BCUT2D eigenvalue weighted by atomic mass is 10.2. The number of nitrogens with one attached hydrogen (secondary N) is 2. The molecule has 0 aliphatic carbocycles. The molecule has 2 aromatic heterocycles. The maximum atomic E-state index is 12.3. The van der Waals surface area contributed by atoms with Crippen molar-refractivity contribution >= 4 is 33.5 Å². The van der Waals surface area contributed by atoms with E-state index >= 15 is 0 Å². The molecule has 0 radical (unpaired) electrons. The van der Waals surface area contributed by atoms with E-state index in [1.54, 1.807) is 6.07 Å². The highest BCUT2D eigenvalue weighted by Gasteiger charge is 2.18. The van der Waals surface area contributed by atoms with Gasteiger partial charge in [0.1, 0.15) is 4.90 Å². The molecule has 0 aliphatic heterocycles. The molecular formula is C13H21ClN4O3S. The van der Waals surface area contributed by atoms with Crippen molar-refractivity contribution in [2.75, 3.05) is 13.1 Å². The van der Waals surface area contributed by atoms with E-state index in [2.05, 4.69) is 20.2 Å². The number of aryl methyl sites for hydroxylation is 1. The maximum absolute atomic E-state index is 12.3. The molecule has 0 saturated carbocycles. The number of rotatable bonds is 7. The smallest absolute Gasteiger partial charge is 0.258 e. The van der Waals surface area contributed by atoms with E-state index in [0.29, 0.717) is 29.8 Å². The third-order valence-electron chi connectivity index (χ3n) is 3.16. The van der Waals surface area contributed by atoms with Crippen LogP contribution in [0.1, 0.15) is 26.5 Å². The summed E-state index contributed by atoms with van der Waals surface area (Å²) in [5.74, 6) is 0. The van der Waals surface area contributed by atoms with Crippen LogP contribution in [0.5, 0.6) is 0 Å². The summed E-state index contributed by atoms with van der Waals surface area (Å²) in [6.45, 7) is 6.92. The fraction of sp³-hybridized carbons (Fsp3) is 0.538. The summed E-state index contributed by atoms with van der Waals surface area (Å²) in [5.41, 5.74) is 1.06. The van der Waals surface area contributed by atoms with Crippen molar-refractivity contribution < 1.29 is 12.9 Å². The van der Waals surface area contributed by atoms with Crippen LogP contribution in [0.4, 0.5) is 0 Å². The van der Waals surface area contributed by atoms with E-state index in [1.807, 2.05) is 20.8 Å². The van der Waals surface area contributed by atoms with E-state index in [9.17, 15) is 8.42 Å². The number of likely N-dealkylation sites (N-methyl/N-ethyl adjacent to an activating group) is 1. The lowest BCUT2D eigenvalue weighted by Crippen LogP contribution is -2.38. The normalized spacial score (nSPS) is 13.0. The monoisotopic (exact) mass is 348 g/mol. The van der Waals surface area contributed by atoms with Gasteiger partial charge in [0.25, 0.3) is 5.71 Å². The van der Waals surface area contributed by atoms with Crippen LogP contribution in [-0.2, 0) is 16.4 Å². The molecule has 9 heteroatoms. The minimum absolute atomic E-state index is 0. The lowest BCUT2D eigenvalue weighted by Gasteiger charge is -2.13. The molecule has 0 aliphatic rings. The van der Waals surface area contributed by atoms with Crippen molar-refractivity contribution in [3.8, 4) is 0 Å². The maximum Gasteiger partial charge on any atom is 0.258 e. The van der Waals surface area contributed by atoms with Gasteiger partial charge in [0.15, 0.2) is 0 Å². The first kappa shape index (κ1) is 18.8. The fourth-order valence-corrected chi connectivity index (χ4v) is 3.10. The zero-order valence-corrected chi connectivity index (χ0v) is 14.4. The van der Waals surface area contributed by atoms with Crippen LogP contribution in [0.2, 0.25) is 0 Å². The Balaban J connectivity index is 0.00000242. The van der Waals surface area contributed by atoms with Gasteiger partial charge < -0.3 is 9.84 Å². The Morgan fingerprint density at radius 3 is 2.73 bits per heavy atom. The highest BCUT2D eigenvalue weighted by molar-refractivity contribution is 7.89. The Morgan fingerprint density at radius 2 is 2.09 bits per heavy atom. The van der Waals surface area contributed by atoms with E-state index in [1.165, 1.54) is 6.20 Å². The minimum atomic E-state index is -3.59. The molecular weight excluding hydrogens is 328 g/mol. The van der Waals surface area contributed by atoms with Crippen LogP contribution >= 0.6 is 12.4 Å². The Hall–Kier alpha value is -1.22. The van der Waals surface area contributed by atoms with Crippen LogP contribution in [0, 0.1) is 0 Å². The molecule has 0 amide bonds. The third kappa shape index (κ3) is 4.16. The second kappa shape index (κ2) is 7.87. The number of aromatic nitrogens is 2. The Labute approximate surface area is 136 Å². The molecule has 0 unspecified atom stereocenters. The standard InChI is InChI=1S/C13H20N4O3S.ClH/c1-4-12-11-6-10(8-15-13(11)20-17-12)21(18,19)16-7-9(3)14-5-2;/h6,8-9,14,16H,4-5,7H2,1-3H3;1H/t9-;/m1./s1. The third-order valence-corrected chi connectivity index (χ3v) is 4.55. The van der Waals surface area contributed by atoms with E-state index in [0.717, 1.165) is 6.54 Å². The predicted octanol–water partition coefficient (Wildman–Crippen LogP) is 1.48. The second-order valence-electron chi connectivity index (χ2n) is 4.82. The van der Waals surface area contributed by atoms with Gasteiger partial charge >= 0.3 is 0 Å². The van der Waals surface area contributed by atoms with Gasteiger partial charge in [0.05, 0.1) is 17.3 Å². The quantitative estimate of drug-likeness (QED) is 0.786. The minimum Gasteiger partial charge on any atom is -0.336 e. The number of nitrogens with zero attached hydrogens (tertiary/aromatic N) is 2. The summed E-state index contributed by atoms with van der Waals surface area (Å²) in [4.78, 5) is 4.14. The van der Waals surface area contributed by atoms with E-state index in [-0.39, 0.29) is 23.3 Å². The molecule has 2 N–H and O–H groups in total. The molecule has 7 nitrogen and oxygen atoms in total. The molecule has 0 bridgehead atoms. The summed E-state index contributed by atoms with van der Waals surface area (Å²) in [6.07, 6.45) is 1.94. The first-order valence-corrected chi connectivity index (χ1v) is 8.43.